The molecule has 4 bridgehead atoms. The molecule has 0 atom stereocenters. The molecule has 4 saturated carbocycles. The molecule has 0 spiro atoms. The van der Waals surface area contributed by atoms with E-state index >= 15 is 0 Å². The van der Waals surface area contributed by atoms with Gasteiger partial charge in [-0.2, -0.15) is 0 Å². The van der Waals surface area contributed by atoms with Crippen molar-refractivity contribution in [3.05, 3.63) is 80.8 Å². The normalized spacial score (nSPS) is 27.0. The first-order valence-corrected chi connectivity index (χ1v) is 13.6. The Morgan fingerprint density at radius 3 is 2.14 bits per heavy atom. The third-order valence-electron chi connectivity index (χ3n) is 8.95. The van der Waals surface area contributed by atoms with E-state index in [9.17, 15) is 15.0 Å². The summed E-state index contributed by atoms with van der Waals surface area (Å²) in [5.74, 6) is 2.99. The Kier molecular flexibility index (Phi) is 4.69. The second-order valence-corrected chi connectivity index (χ2v) is 12.1. The molecule has 2 N–H and O–H groups in total. The summed E-state index contributed by atoms with van der Waals surface area (Å²) in [4.78, 5) is 11.8. The first-order chi connectivity index (χ1) is 17.0. The molecule has 4 nitrogen and oxygen atoms in total. The van der Waals surface area contributed by atoms with Crippen molar-refractivity contribution >= 4 is 22.1 Å². The Morgan fingerprint density at radius 2 is 1.46 bits per heavy atom. The Bertz CT molecular complexity index is 1480. The molecule has 0 unspecified atom stereocenters. The van der Waals surface area contributed by atoms with Crippen LogP contribution in [0.5, 0.6) is 11.6 Å². The van der Waals surface area contributed by atoms with Gasteiger partial charge >= 0.3 is 4.87 Å². The van der Waals surface area contributed by atoms with Crippen LogP contribution in [0, 0.1) is 17.8 Å². The minimum Gasteiger partial charge on any atom is -0.508 e. The van der Waals surface area contributed by atoms with Gasteiger partial charge < -0.3 is 10.2 Å². The summed E-state index contributed by atoms with van der Waals surface area (Å²) in [6, 6.07) is 18.9. The fourth-order valence-corrected chi connectivity index (χ4v) is 8.42. The lowest BCUT2D eigenvalue weighted by Crippen LogP contribution is -2.48. The molecular weight excluding hydrogens is 454 g/mol. The van der Waals surface area contributed by atoms with Gasteiger partial charge in [0.05, 0.1) is 11.9 Å². The van der Waals surface area contributed by atoms with Crippen LogP contribution in [0.1, 0.15) is 49.7 Å². The number of nitrogens with zero attached hydrogens (tertiary/aromatic N) is 1. The van der Waals surface area contributed by atoms with E-state index in [0.29, 0.717) is 12.3 Å². The molecule has 3 aromatic carbocycles. The predicted molar refractivity (Wildman–Crippen MR) is 140 cm³/mol. The zero-order valence-corrected chi connectivity index (χ0v) is 20.4. The Morgan fingerprint density at radius 1 is 0.829 bits per heavy atom. The van der Waals surface area contributed by atoms with Crippen LogP contribution < -0.4 is 4.87 Å². The van der Waals surface area contributed by atoms with Crippen molar-refractivity contribution < 1.29 is 10.2 Å². The van der Waals surface area contributed by atoms with Gasteiger partial charge in [-0.3, -0.25) is 9.36 Å². The van der Waals surface area contributed by atoms with Crippen molar-refractivity contribution in [3.63, 3.8) is 0 Å². The van der Waals surface area contributed by atoms with E-state index in [0.717, 1.165) is 56.6 Å². The number of benzene rings is 3. The van der Waals surface area contributed by atoms with Crippen LogP contribution in [0.3, 0.4) is 0 Å². The second kappa shape index (κ2) is 7.72. The molecule has 4 fully saturated rings. The summed E-state index contributed by atoms with van der Waals surface area (Å²) >= 11 is 1.01. The Labute approximate surface area is 208 Å². The first kappa shape index (κ1) is 21.3. The SMILES string of the molecule is O=c1scc(O)n1Cc1ccc2cc(-c3ccc(O)c(C45CC6CC(CC(C6)C4)C5)c3)ccc2c1. The highest BCUT2D eigenvalue weighted by Crippen LogP contribution is 2.62. The molecule has 1 heterocycles. The fourth-order valence-electron chi connectivity index (χ4n) is 7.81. The van der Waals surface area contributed by atoms with Crippen LogP contribution >= 0.6 is 11.3 Å². The summed E-state index contributed by atoms with van der Waals surface area (Å²) in [6.07, 6.45) is 7.89. The zero-order chi connectivity index (χ0) is 23.7. The van der Waals surface area contributed by atoms with E-state index in [1.165, 1.54) is 54.0 Å². The molecule has 4 aromatic rings. The van der Waals surface area contributed by atoms with Crippen LogP contribution in [-0.4, -0.2) is 14.8 Å². The van der Waals surface area contributed by atoms with E-state index in [4.69, 9.17) is 0 Å². The summed E-state index contributed by atoms with van der Waals surface area (Å²) in [5.41, 5.74) is 4.63. The Balaban J connectivity index is 1.22. The van der Waals surface area contributed by atoms with Gasteiger partial charge in [-0.15, -0.1) is 0 Å². The quantitative estimate of drug-likeness (QED) is 0.341. The van der Waals surface area contributed by atoms with Crippen molar-refractivity contribution in [2.45, 2.75) is 50.5 Å². The molecule has 178 valence electrons. The largest absolute Gasteiger partial charge is 0.508 e. The lowest BCUT2D eigenvalue weighted by molar-refractivity contribution is -0.00611. The average Bonchev–Trinajstić information content (AvgIpc) is 3.15. The highest BCUT2D eigenvalue weighted by atomic mass is 32.1. The minimum atomic E-state index is -0.153. The number of phenols is 1. The van der Waals surface area contributed by atoms with Gasteiger partial charge in [0.1, 0.15) is 5.75 Å². The molecule has 5 heteroatoms. The number of aromatic hydroxyl groups is 2. The zero-order valence-electron chi connectivity index (χ0n) is 19.6. The summed E-state index contributed by atoms with van der Waals surface area (Å²) in [6.45, 7) is 0.359. The van der Waals surface area contributed by atoms with Gasteiger partial charge in [-0.05, 0) is 113 Å². The summed E-state index contributed by atoms with van der Waals surface area (Å²) in [5, 5.41) is 24.6. The van der Waals surface area contributed by atoms with Crippen LogP contribution in [0.2, 0.25) is 0 Å². The number of hydrogen-bond donors (Lipinski definition) is 2. The number of rotatable bonds is 4. The third kappa shape index (κ3) is 3.51. The van der Waals surface area contributed by atoms with E-state index in [-0.39, 0.29) is 16.2 Å². The number of fused-ring (bicyclic) bond motifs is 1. The van der Waals surface area contributed by atoms with Crippen molar-refractivity contribution in [2.75, 3.05) is 0 Å². The minimum absolute atomic E-state index is 0.0117. The molecule has 0 radical (unpaired) electrons. The predicted octanol–water partition coefficient (Wildman–Crippen LogP) is 6.66. The summed E-state index contributed by atoms with van der Waals surface area (Å²) in [7, 11) is 0. The highest BCUT2D eigenvalue weighted by Gasteiger charge is 2.52. The molecule has 0 amide bonds. The standard InChI is InChI=1S/C30H29NO3S/c32-27-6-5-25(12-26(27)30-13-19-7-20(14-30)9-21(8-19)15-30)24-4-3-22-10-18(1-2-23(22)11-24)16-31-28(33)17-35-29(31)34/h1-6,10-12,17,19-21,32-33H,7-9,13-16H2. The van der Waals surface area contributed by atoms with E-state index in [1.807, 2.05) is 18.2 Å². The van der Waals surface area contributed by atoms with Gasteiger partial charge in [-0.1, -0.05) is 41.7 Å². The summed E-state index contributed by atoms with van der Waals surface area (Å²) < 4.78 is 1.39. The number of thiazole rings is 1. The van der Waals surface area contributed by atoms with Crippen LogP contribution in [-0.2, 0) is 12.0 Å². The second-order valence-electron chi connectivity index (χ2n) is 11.3. The van der Waals surface area contributed by atoms with Crippen molar-refractivity contribution in [2.24, 2.45) is 17.8 Å². The third-order valence-corrected chi connectivity index (χ3v) is 9.70. The number of hydrogen-bond acceptors (Lipinski definition) is 4. The lowest BCUT2D eigenvalue weighted by atomic mass is 9.48. The Hall–Kier alpha value is -3.05. The first-order valence-electron chi connectivity index (χ1n) is 12.7. The molecule has 4 aliphatic carbocycles. The van der Waals surface area contributed by atoms with Gasteiger partial charge in [0, 0.05) is 5.56 Å². The molecule has 8 rings (SSSR count). The van der Waals surface area contributed by atoms with E-state index in [2.05, 4.69) is 36.4 Å². The maximum Gasteiger partial charge on any atom is 0.310 e. The van der Waals surface area contributed by atoms with Gasteiger partial charge in [0.2, 0.25) is 5.88 Å². The van der Waals surface area contributed by atoms with E-state index < -0.39 is 0 Å². The number of phenolic OH excluding ortho intramolecular Hbond substituents is 1. The van der Waals surface area contributed by atoms with Gasteiger partial charge in [0.15, 0.2) is 0 Å². The van der Waals surface area contributed by atoms with Gasteiger partial charge in [-0.25, -0.2) is 0 Å². The maximum absolute atomic E-state index is 12.0. The van der Waals surface area contributed by atoms with Gasteiger partial charge in [0.25, 0.3) is 0 Å². The molecule has 1 aromatic heterocycles. The molecule has 0 aliphatic heterocycles. The fraction of sp³-hybridized carbons (Fsp3) is 0.367. The van der Waals surface area contributed by atoms with E-state index in [1.54, 1.807) is 0 Å². The maximum atomic E-state index is 12.0. The van der Waals surface area contributed by atoms with Crippen LogP contribution in [0.15, 0.2) is 64.8 Å². The molecule has 0 saturated heterocycles. The smallest absolute Gasteiger partial charge is 0.310 e. The monoisotopic (exact) mass is 483 g/mol. The lowest BCUT2D eigenvalue weighted by Gasteiger charge is -2.57. The number of aromatic nitrogens is 1. The molecule has 4 aliphatic rings. The topological polar surface area (TPSA) is 62.5 Å². The van der Waals surface area contributed by atoms with Crippen LogP contribution in [0.25, 0.3) is 21.9 Å². The van der Waals surface area contributed by atoms with Crippen molar-refractivity contribution in [1.82, 2.24) is 4.57 Å². The molecular formula is C30H29NO3S. The van der Waals surface area contributed by atoms with Crippen molar-refractivity contribution in [3.8, 4) is 22.8 Å². The highest BCUT2D eigenvalue weighted by molar-refractivity contribution is 7.07. The van der Waals surface area contributed by atoms with Crippen molar-refractivity contribution in [1.29, 1.82) is 0 Å². The average molecular weight is 484 g/mol. The molecule has 35 heavy (non-hydrogen) atoms. The van der Waals surface area contributed by atoms with Crippen LogP contribution in [0.4, 0.5) is 0 Å².